The number of hydrogen-bond donors (Lipinski definition) is 1. The van der Waals surface area contributed by atoms with Crippen LogP contribution in [0.15, 0.2) is 12.2 Å². The first-order chi connectivity index (χ1) is 12.4. The number of aliphatic carboxylic acids is 1. The van der Waals surface area contributed by atoms with Crippen molar-refractivity contribution in [2.24, 2.45) is 46.3 Å². The Labute approximate surface area is 159 Å². The van der Waals surface area contributed by atoms with Crippen LogP contribution in [0.1, 0.15) is 85.0 Å². The van der Waals surface area contributed by atoms with Crippen LogP contribution < -0.4 is 0 Å². The second kappa shape index (κ2) is 6.67. The van der Waals surface area contributed by atoms with Crippen molar-refractivity contribution >= 4 is 5.97 Å². The maximum atomic E-state index is 11.0. The molecule has 26 heavy (non-hydrogen) atoms. The Morgan fingerprint density at radius 1 is 0.962 bits per heavy atom. The van der Waals surface area contributed by atoms with E-state index in [1.54, 1.807) is 0 Å². The normalized spacial score (nSPS) is 49.3. The summed E-state index contributed by atoms with van der Waals surface area (Å²) >= 11 is 0. The molecule has 0 bridgehead atoms. The highest BCUT2D eigenvalue weighted by Gasteiger charge is 2.59. The first-order valence-corrected chi connectivity index (χ1v) is 11.3. The van der Waals surface area contributed by atoms with E-state index in [1.807, 2.05) is 6.08 Å². The molecular formula is C24H38O2. The summed E-state index contributed by atoms with van der Waals surface area (Å²) < 4.78 is 0. The van der Waals surface area contributed by atoms with Crippen LogP contribution in [0, 0.1) is 46.3 Å². The van der Waals surface area contributed by atoms with Gasteiger partial charge in [-0.2, -0.15) is 0 Å². The van der Waals surface area contributed by atoms with E-state index >= 15 is 0 Å². The lowest BCUT2D eigenvalue weighted by Crippen LogP contribution is -2.53. The predicted octanol–water partition coefficient (Wildman–Crippen LogP) is 6.31. The molecule has 0 aromatic heterocycles. The summed E-state index contributed by atoms with van der Waals surface area (Å²) in [6, 6.07) is 0. The molecule has 1 N–H and O–H groups in total. The van der Waals surface area contributed by atoms with Gasteiger partial charge in [-0.05, 0) is 97.7 Å². The quantitative estimate of drug-likeness (QED) is 0.600. The van der Waals surface area contributed by atoms with Crippen LogP contribution in [0.4, 0.5) is 0 Å². The molecule has 8 atom stereocenters. The first-order valence-electron chi connectivity index (χ1n) is 11.3. The Kier molecular flexibility index (Phi) is 4.77. The molecule has 4 fully saturated rings. The number of allylic oxidation sites excluding steroid dienone is 1. The summed E-state index contributed by atoms with van der Waals surface area (Å²) in [6.07, 6.45) is 17.7. The van der Waals surface area contributed by atoms with Gasteiger partial charge in [0.2, 0.25) is 0 Å². The number of carboxylic acid groups (broad SMARTS) is 1. The molecule has 4 aliphatic rings. The third-order valence-electron chi connectivity index (χ3n) is 9.83. The van der Waals surface area contributed by atoms with E-state index < -0.39 is 5.97 Å². The summed E-state index contributed by atoms with van der Waals surface area (Å²) in [6.45, 7) is 7.47. The number of hydrogen-bond acceptors (Lipinski definition) is 1. The molecular weight excluding hydrogens is 320 g/mol. The summed E-state index contributed by atoms with van der Waals surface area (Å²) in [5.74, 6) is 4.03. The molecule has 146 valence electrons. The molecule has 0 radical (unpaired) electrons. The number of carboxylic acids is 1. The number of rotatable bonds is 3. The molecule has 0 aromatic rings. The Bertz CT molecular complexity index is 581. The van der Waals surface area contributed by atoms with E-state index in [-0.39, 0.29) is 0 Å². The Hall–Kier alpha value is -0.790. The lowest BCUT2D eigenvalue weighted by atomic mass is 9.44. The molecule has 0 aliphatic heterocycles. The second-order valence-corrected chi connectivity index (χ2v) is 10.7. The molecule has 4 saturated carbocycles. The van der Waals surface area contributed by atoms with Crippen molar-refractivity contribution in [1.82, 2.24) is 0 Å². The highest BCUT2D eigenvalue weighted by molar-refractivity contribution is 5.79. The van der Waals surface area contributed by atoms with Crippen molar-refractivity contribution in [2.45, 2.75) is 85.0 Å². The van der Waals surface area contributed by atoms with Crippen LogP contribution in [0.2, 0.25) is 0 Å². The van der Waals surface area contributed by atoms with Crippen LogP contribution in [-0.2, 0) is 4.79 Å². The van der Waals surface area contributed by atoms with Crippen molar-refractivity contribution < 1.29 is 9.90 Å². The van der Waals surface area contributed by atoms with Crippen molar-refractivity contribution in [3.8, 4) is 0 Å². The molecule has 2 nitrogen and oxygen atoms in total. The zero-order valence-electron chi connectivity index (χ0n) is 17.0. The van der Waals surface area contributed by atoms with Crippen molar-refractivity contribution in [3.63, 3.8) is 0 Å². The van der Waals surface area contributed by atoms with Gasteiger partial charge in [-0.3, -0.25) is 0 Å². The molecule has 4 rings (SSSR count). The largest absolute Gasteiger partial charge is 0.478 e. The minimum absolute atomic E-state index is 0.388. The molecule has 0 saturated heterocycles. The summed E-state index contributed by atoms with van der Waals surface area (Å²) in [4.78, 5) is 11.0. The average Bonchev–Trinajstić information content (AvgIpc) is 2.96. The highest BCUT2D eigenvalue weighted by Crippen LogP contribution is 2.68. The maximum absolute atomic E-state index is 11.0. The maximum Gasteiger partial charge on any atom is 0.327 e. The van der Waals surface area contributed by atoms with Crippen LogP contribution in [-0.4, -0.2) is 11.1 Å². The zero-order chi connectivity index (χ0) is 18.5. The van der Waals surface area contributed by atoms with Gasteiger partial charge in [-0.15, -0.1) is 0 Å². The van der Waals surface area contributed by atoms with Crippen LogP contribution in [0.3, 0.4) is 0 Å². The Morgan fingerprint density at radius 2 is 1.73 bits per heavy atom. The first kappa shape index (κ1) is 18.6. The second-order valence-electron chi connectivity index (χ2n) is 10.7. The van der Waals surface area contributed by atoms with Gasteiger partial charge in [-0.25, -0.2) is 4.79 Å². The van der Waals surface area contributed by atoms with Crippen LogP contribution >= 0.6 is 0 Å². The molecule has 0 aromatic carbocycles. The van der Waals surface area contributed by atoms with Crippen LogP contribution in [0.5, 0.6) is 0 Å². The van der Waals surface area contributed by atoms with E-state index in [4.69, 9.17) is 5.11 Å². The molecule has 0 spiro atoms. The third-order valence-corrected chi connectivity index (χ3v) is 9.83. The zero-order valence-corrected chi connectivity index (χ0v) is 17.0. The molecule has 4 aliphatic carbocycles. The molecule has 1 unspecified atom stereocenters. The summed E-state index contributed by atoms with van der Waals surface area (Å²) in [7, 11) is 0. The van der Waals surface area contributed by atoms with Gasteiger partial charge >= 0.3 is 5.97 Å². The van der Waals surface area contributed by atoms with E-state index in [9.17, 15) is 4.79 Å². The highest BCUT2D eigenvalue weighted by atomic mass is 16.4. The van der Waals surface area contributed by atoms with E-state index in [0.29, 0.717) is 22.7 Å². The number of fused-ring (bicyclic) bond motifs is 5. The lowest BCUT2D eigenvalue weighted by Gasteiger charge is -2.60. The van der Waals surface area contributed by atoms with Gasteiger partial charge in [-0.1, -0.05) is 39.7 Å². The van der Waals surface area contributed by atoms with E-state index in [2.05, 4.69) is 20.8 Å². The minimum Gasteiger partial charge on any atom is -0.478 e. The monoisotopic (exact) mass is 358 g/mol. The Morgan fingerprint density at radius 3 is 2.50 bits per heavy atom. The molecule has 2 heteroatoms. The van der Waals surface area contributed by atoms with E-state index in [1.165, 1.54) is 70.3 Å². The number of carbonyl (C=O) groups is 1. The smallest absolute Gasteiger partial charge is 0.327 e. The molecule has 0 amide bonds. The van der Waals surface area contributed by atoms with Crippen LogP contribution in [0.25, 0.3) is 0 Å². The van der Waals surface area contributed by atoms with Gasteiger partial charge in [0.05, 0.1) is 0 Å². The van der Waals surface area contributed by atoms with Gasteiger partial charge in [0, 0.05) is 6.08 Å². The van der Waals surface area contributed by atoms with Gasteiger partial charge in [0.1, 0.15) is 0 Å². The topological polar surface area (TPSA) is 37.3 Å². The van der Waals surface area contributed by atoms with Gasteiger partial charge < -0.3 is 5.11 Å². The third kappa shape index (κ3) is 2.78. The SMILES string of the molecule is C[C@H](C=CC(=O)O)[C@H]1CC[C@H]2[C@@H]3CCC4CCCC[C@]4(C)[C@H]3CC[C@]12C. The lowest BCUT2D eigenvalue weighted by molar-refractivity contribution is -0.131. The van der Waals surface area contributed by atoms with Crippen molar-refractivity contribution in [2.75, 3.05) is 0 Å². The van der Waals surface area contributed by atoms with Crippen molar-refractivity contribution in [3.05, 3.63) is 12.2 Å². The fourth-order valence-electron chi connectivity index (χ4n) is 8.57. The standard InChI is InChI=1S/C24H38O2/c1-16(7-12-22(25)26)19-10-11-20-18-9-8-17-6-4-5-14-23(17,2)21(18)13-15-24(19,20)3/h7,12,16-21H,4-6,8-11,13-15H2,1-3H3,(H,25,26)/t16-,17?,18+,19-,20+,21+,23+,24-/m1/s1. The summed E-state index contributed by atoms with van der Waals surface area (Å²) in [5.41, 5.74) is 1.05. The Balaban J connectivity index is 1.55. The van der Waals surface area contributed by atoms with Gasteiger partial charge in [0.25, 0.3) is 0 Å². The fourth-order valence-corrected chi connectivity index (χ4v) is 8.57. The molecule has 0 heterocycles. The minimum atomic E-state index is -0.802. The van der Waals surface area contributed by atoms with E-state index in [0.717, 1.165) is 23.7 Å². The van der Waals surface area contributed by atoms with Gasteiger partial charge in [0.15, 0.2) is 0 Å². The fraction of sp³-hybridized carbons (Fsp3) is 0.875. The van der Waals surface area contributed by atoms with Crippen molar-refractivity contribution in [1.29, 1.82) is 0 Å². The average molecular weight is 359 g/mol. The summed E-state index contributed by atoms with van der Waals surface area (Å²) in [5, 5.41) is 9.01. The predicted molar refractivity (Wildman–Crippen MR) is 106 cm³/mol.